The van der Waals surface area contributed by atoms with Gasteiger partial charge in [-0.15, -0.1) is 0 Å². The van der Waals surface area contributed by atoms with E-state index in [0.717, 1.165) is 30.3 Å². The molecule has 0 amide bonds. The molecule has 5 heteroatoms. The third kappa shape index (κ3) is 4.16. The molecule has 128 valence electrons. The average Bonchev–Trinajstić information content (AvgIpc) is 3.03. The number of pyridine rings is 1. The lowest BCUT2D eigenvalue weighted by Gasteiger charge is -2.14. The Morgan fingerprint density at radius 2 is 2.21 bits per heavy atom. The van der Waals surface area contributed by atoms with Gasteiger partial charge in [0.2, 0.25) is 0 Å². The summed E-state index contributed by atoms with van der Waals surface area (Å²) in [4.78, 5) is 8.94. The molecule has 0 aliphatic heterocycles. The van der Waals surface area contributed by atoms with Crippen LogP contribution in [0.2, 0.25) is 0 Å². The van der Waals surface area contributed by atoms with Crippen molar-refractivity contribution < 1.29 is 0 Å². The minimum absolute atomic E-state index is 0.670. The SMILES string of the molecule is CN=C(NCCC1=CCCCC1)NCc1cn2c(C)cccc2n1. The largest absolute Gasteiger partial charge is 0.356 e. The van der Waals surface area contributed by atoms with E-state index < -0.39 is 0 Å². The van der Waals surface area contributed by atoms with E-state index >= 15 is 0 Å². The highest BCUT2D eigenvalue weighted by atomic mass is 15.2. The van der Waals surface area contributed by atoms with Crippen LogP contribution in [-0.2, 0) is 6.54 Å². The highest BCUT2D eigenvalue weighted by molar-refractivity contribution is 5.79. The predicted molar refractivity (Wildman–Crippen MR) is 99.3 cm³/mol. The number of rotatable bonds is 5. The molecule has 2 aromatic heterocycles. The molecule has 0 spiro atoms. The van der Waals surface area contributed by atoms with E-state index in [2.05, 4.69) is 50.3 Å². The fourth-order valence-electron chi connectivity index (χ4n) is 3.15. The van der Waals surface area contributed by atoms with E-state index in [1.165, 1.54) is 31.4 Å². The first-order chi connectivity index (χ1) is 11.8. The van der Waals surface area contributed by atoms with Crippen LogP contribution in [0.25, 0.3) is 5.65 Å². The first kappa shape index (κ1) is 16.6. The first-order valence-corrected chi connectivity index (χ1v) is 8.82. The molecule has 0 saturated heterocycles. The normalized spacial score (nSPS) is 15.4. The van der Waals surface area contributed by atoms with Gasteiger partial charge in [-0.1, -0.05) is 17.7 Å². The zero-order valence-corrected chi connectivity index (χ0v) is 14.7. The van der Waals surface area contributed by atoms with Gasteiger partial charge in [-0.05, 0) is 51.2 Å². The summed E-state index contributed by atoms with van der Waals surface area (Å²) in [5.41, 5.74) is 4.77. The Kier molecular flexibility index (Phi) is 5.51. The van der Waals surface area contributed by atoms with Crippen LogP contribution in [0, 0.1) is 6.92 Å². The van der Waals surface area contributed by atoms with E-state index in [4.69, 9.17) is 0 Å². The average molecular weight is 325 g/mol. The maximum Gasteiger partial charge on any atom is 0.191 e. The van der Waals surface area contributed by atoms with Crippen molar-refractivity contribution >= 4 is 11.6 Å². The molecule has 5 nitrogen and oxygen atoms in total. The third-order valence-corrected chi connectivity index (χ3v) is 4.53. The molecule has 2 N–H and O–H groups in total. The Morgan fingerprint density at radius 3 is 2.96 bits per heavy atom. The Morgan fingerprint density at radius 1 is 1.29 bits per heavy atom. The van der Waals surface area contributed by atoms with Crippen LogP contribution in [0.1, 0.15) is 43.5 Å². The second-order valence-electron chi connectivity index (χ2n) is 6.34. The van der Waals surface area contributed by atoms with E-state index in [1.807, 2.05) is 19.2 Å². The van der Waals surface area contributed by atoms with E-state index in [1.54, 1.807) is 5.57 Å². The van der Waals surface area contributed by atoms with E-state index in [0.29, 0.717) is 6.54 Å². The monoisotopic (exact) mass is 325 g/mol. The lowest BCUT2D eigenvalue weighted by Crippen LogP contribution is -2.37. The van der Waals surface area contributed by atoms with Gasteiger partial charge in [0.25, 0.3) is 0 Å². The second kappa shape index (κ2) is 7.99. The minimum atomic E-state index is 0.670. The van der Waals surface area contributed by atoms with Gasteiger partial charge in [0.05, 0.1) is 12.2 Å². The Hall–Kier alpha value is -2.30. The summed E-state index contributed by atoms with van der Waals surface area (Å²) in [6, 6.07) is 6.16. The molecule has 0 saturated carbocycles. The first-order valence-electron chi connectivity index (χ1n) is 8.82. The van der Waals surface area contributed by atoms with Crippen molar-refractivity contribution in [1.29, 1.82) is 0 Å². The number of hydrogen-bond donors (Lipinski definition) is 2. The molecular formula is C19H27N5. The summed E-state index contributed by atoms with van der Waals surface area (Å²) in [6.07, 6.45) is 10.8. The topological polar surface area (TPSA) is 53.7 Å². The zero-order chi connectivity index (χ0) is 16.8. The quantitative estimate of drug-likeness (QED) is 0.504. The van der Waals surface area contributed by atoms with Gasteiger partial charge in [-0.2, -0.15) is 0 Å². The van der Waals surface area contributed by atoms with Crippen molar-refractivity contribution in [3.8, 4) is 0 Å². The summed E-state index contributed by atoms with van der Waals surface area (Å²) < 4.78 is 2.11. The maximum atomic E-state index is 4.64. The highest BCUT2D eigenvalue weighted by Crippen LogP contribution is 2.19. The van der Waals surface area contributed by atoms with Crippen LogP contribution in [0.3, 0.4) is 0 Å². The predicted octanol–water partition coefficient (Wildman–Crippen LogP) is 3.20. The molecule has 0 atom stereocenters. The number of aromatic nitrogens is 2. The summed E-state index contributed by atoms with van der Waals surface area (Å²) in [7, 11) is 1.81. The summed E-state index contributed by atoms with van der Waals surface area (Å²) in [5.74, 6) is 0.834. The van der Waals surface area contributed by atoms with Crippen molar-refractivity contribution in [3.05, 3.63) is 47.4 Å². The Balaban J connectivity index is 1.50. The molecule has 0 fully saturated rings. The summed E-state index contributed by atoms with van der Waals surface area (Å²) in [6.45, 7) is 3.69. The minimum Gasteiger partial charge on any atom is -0.356 e. The van der Waals surface area contributed by atoms with E-state index in [-0.39, 0.29) is 0 Å². The number of fused-ring (bicyclic) bond motifs is 1. The van der Waals surface area contributed by atoms with Crippen molar-refractivity contribution in [1.82, 2.24) is 20.0 Å². The van der Waals surface area contributed by atoms with Crippen molar-refractivity contribution in [2.24, 2.45) is 4.99 Å². The number of aliphatic imine (C=N–C) groups is 1. The van der Waals surface area contributed by atoms with Gasteiger partial charge in [0.1, 0.15) is 5.65 Å². The molecule has 2 heterocycles. The van der Waals surface area contributed by atoms with Crippen LogP contribution >= 0.6 is 0 Å². The van der Waals surface area contributed by atoms with Crippen LogP contribution in [0.5, 0.6) is 0 Å². The Bertz CT molecular complexity index is 741. The lowest BCUT2D eigenvalue weighted by molar-refractivity contribution is 0.665. The molecule has 0 bridgehead atoms. The smallest absolute Gasteiger partial charge is 0.191 e. The van der Waals surface area contributed by atoms with Gasteiger partial charge in [-0.25, -0.2) is 4.98 Å². The van der Waals surface area contributed by atoms with E-state index in [9.17, 15) is 0 Å². The number of nitrogens with zero attached hydrogens (tertiary/aromatic N) is 3. The van der Waals surface area contributed by atoms with Crippen molar-refractivity contribution in [3.63, 3.8) is 0 Å². The van der Waals surface area contributed by atoms with Gasteiger partial charge >= 0.3 is 0 Å². The Labute approximate surface area is 143 Å². The standard InChI is InChI=1S/C19H27N5/c1-15-7-6-10-18-23-17(14-24(15)18)13-22-19(20-2)21-12-11-16-8-4-3-5-9-16/h6-8,10,14H,3-5,9,11-13H2,1-2H3,(H2,20,21,22). The van der Waals surface area contributed by atoms with Crippen molar-refractivity contribution in [2.45, 2.75) is 45.6 Å². The molecule has 24 heavy (non-hydrogen) atoms. The van der Waals surface area contributed by atoms with Gasteiger partial charge in [-0.3, -0.25) is 4.99 Å². The summed E-state index contributed by atoms with van der Waals surface area (Å²) >= 11 is 0. The number of imidazole rings is 1. The molecule has 3 rings (SSSR count). The van der Waals surface area contributed by atoms with Crippen LogP contribution in [0.15, 0.2) is 41.0 Å². The molecule has 0 aromatic carbocycles. The number of aryl methyl sites for hydroxylation is 1. The number of allylic oxidation sites excluding steroid dienone is 1. The molecule has 1 aliphatic rings. The third-order valence-electron chi connectivity index (χ3n) is 4.53. The number of guanidine groups is 1. The number of hydrogen-bond acceptors (Lipinski definition) is 2. The molecule has 1 aliphatic carbocycles. The second-order valence-corrected chi connectivity index (χ2v) is 6.34. The van der Waals surface area contributed by atoms with Gasteiger partial charge in [0.15, 0.2) is 5.96 Å². The highest BCUT2D eigenvalue weighted by Gasteiger charge is 2.06. The van der Waals surface area contributed by atoms with Crippen LogP contribution in [0.4, 0.5) is 0 Å². The molecule has 0 unspecified atom stereocenters. The molecular weight excluding hydrogens is 298 g/mol. The molecule has 0 radical (unpaired) electrons. The number of nitrogens with one attached hydrogen (secondary N) is 2. The van der Waals surface area contributed by atoms with Crippen LogP contribution in [-0.4, -0.2) is 28.9 Å². The van der Waals surface area contributed by atoms with Gasteiger partial charge in [0, 0.05) is 25.5 Å². The molecule has 2 aromatic rings. The fraction of sp³-hybridized carbons (Fsp3) is 0.474. The maximum absolute atomic E-state index is 4.64. The lowest BCUT2D eigenvalue weighted by atomic mass is 9.97. The van der Waals surface area contributed by atoms with Gasteiger partial charge < -0.3 is 15.0 Å². The van der Waals surface area contributed by atoms with Crippen molar-refractivity contribution in [2.75, 3.05) is 13.6 Å². The zero-order valence-electron chi connectivity index (χ0n) is 14.7. The fourth-order valence-corrected chi connectivity index (χ4v) is 3.15. The van der Waals surface area contributed by atoms with Crippen LogP contribution < -0.4 is 10.6 Å². The summed E-state index contributed by atoms with van der Waals surface area (Å²) in [5, 5.41) is 6.74.